The molecule has 36 heavy (non-hydrogen) atoms. The van der Waals surface area contributed by atoms with Crippen LogP contribution in [0.4, 0.5) is 0 Å². The summed E-state index contributed by atoms with van der Waals surface area (Å²) in [7, 11) is 0. The maximum absolute atomic E-state index is 4.20. The van der Waals surface area contributed by atoms with E-state index in [1.54, 1.807) is 0 Å². The molecule has 0 radical (unpaired) electrons. The van der Waals surface area contributed by atoms with Crippen molar-refractivity contribution in [2.24, 2.45) is 23.7 Å². The molecule has 0 saturated heterocycles. The Morgan fingerprint density at radius 1 is 0.639 bits per heavy atom. The van der Waals surface area contributed by atoms with E-state index in [-0.39, 0.29) is 5.92 Å². The molecule has 0 aliphatic carbocycles. The molecule has 0 N–H and O–H groups in total. The normalized spacial score (nSPS) is 15.9. The predicted molar refractivity (Wildman–Crippen MR) is 171 cm³/mol. The van der Waals surface area contributed by atoms with Crippen LogP contribution in [0.15, 0.2) is 109 Å². The lowest BCUT2D eigenvalue weighted by atomic mass is 9.78. The molecule has 0 heterocycles. The minimum absolute atomic E-state index is 0.254. The van der Waals surface area contributed by atoms with E-state index in [1.807, 2.05) is 52.0 Å². The maximum Gasteiger partial charge on any atom is 0.00915 e. The van der Waals surface area contributed by atoms with Gasteiger partial charge in [-0.15, -0.1) is 0 Å². The molecule has 0 saturated carbocycles. The fraction of sp³-hybridized carbons (Fsp3) is 0.500. The van der Waals surface area contributed by atoms with E-state index in [0.29, 0.717) is 17.8 Å². The summed E-state index contributed by atoms with van der Waals surface area (Å²) >= 11 is 0. The van der Waals surface area contributed by atoms with Crippen LogP contribution in [0.25, 0.3) is 0 Å². The van der Waals surface area contributed by atoms with Crippen molar-refractivity contribution >= 4 is 0 Å². The molecule has 0 bridgehead atoms. The maximum atomic E-state index is 4.20. The van der Waals surface area contributed by atoms with Crippen LogP contribution in [0.5, 0.6) is 0 Å². The lowest BCUT2D eigenvalue weighted by molar-refractivity contribution is 0.456. The number of hydrogen-bond acceptors (Lipinski definition) is 0. The van der Waals surface area contributed by atoms with Gasteiger partial charge < -0.3 is 0 Å². The lowest BCUT2D eigenvalue weighted by Gasteiger charge is -2.27. The SMILES string of the molecule is C=C/C=C(\C=C)C(CC(C)CC)/C(C=C)=C/C(=C\C)C(CC(C)CC)/C(C=C)=C/C=C\C.CC.CC. The molecule has 204 valence electrons. The van der Waals surface area contributed by atoms with E-state index in [2.05, 4.69) is 104 Å². The van der Waals surface area contributed by atoms with Gasteiger partial charge in [-0.25, -0.2) is 0 Å². The van der Waals surface area contributed by atoms with E-state index in [0.717, 1.165) is 19.3 Å². The Hall–Kier alpha value is -2.34. The lowest BCUT2D eigenvalue weighted by Crippen LogP contribution is -2.14. The second-order valence-electron chi connectivity index (χ2n) is 8.74. The van der Waals surface area contributed by atoms with Crippen LogP contribution < -0.4 is 0 Å². The Bertz CT molecular complexity index is 747. The zero-order valence-electron chi connectivity index (χ0n) is 25.7. The van der Waals surface area contributed by atoms with E-state index >= 15 is 0 Å². The summed E-state index contributed by atoms with van der Waals surface area (Å²) in [6, 6.07) is 0. The van der Waals surface area contributed by atoms with Crippen molar-refractivity contribution in [2.75, 3.05) is 0 Å². The molecule has 0 spiro atoms. The van der Waals surface area contributed by atoms with Crippen LogP contribution in [0.3, 0.4) is 0 Å². The molecule has 0 heteroatoms. The van der Waals surface area contributed by atoms with Crippen LogP contribution in [0.2, 0.25) is 0 Å². The van der Waals surface area contributed by atoms with Crippen LogP contribution in [0.1, 0.15) is 94.9 Å². The fourth-order valence-electron chi connectivity index (χ4n) is 3.94. The third-order valence-corrected chi connectivity index (χ3v) is 6.44. The highest BCUT2D eigenvalue weighted by Gasteiger charge is 2.22. The van der Waals surface area contributed by atoms with E-state index in [9.17, 15) is 0 Å². The van der Waals surface area contributed by atoms with Crippen molar-refractivity contribution in [1.29, 1.82) is 0 Å². The average Bonchev–Trinajstić information content (AvgIpc) is 2.93. The van der Waals surface area contributed by atoms with Gasteiger partial charge in [0, 0.05) is 11.8 Å². The van der Waals surface area contributed by atoms with Gasteiger partial charge in [-0.2, -0.15) is 0 Å². The second-order valence-corrected chi connectivity index (χ2v) is 8.74. The first kappa shape index (κ1) is 38.2. The molecule has 4 atom stereocenters. The minimum Gasteiger partial charge on any atom is -0.0991 e. The Labute approximate surface area is 227 Å². The van der Waals surface area contributed by atoms with Gasteiger partial charge in [0.2, 0.25) is 0 Å². The Morgan fingerprint density at radius 2 is 1.06 bits per heavy atom. The standard InChI is InChI=1S/C32H48.2C2H6/c1-11-19-21-28(16-6)32(23-26(10)14-4)30(18-8)24-29(17-7)31(22-25(9)13-3)27(15-5)20-12-2;2*1-2/h11-12,15-21,24-26,31-32H,2,5-7,13-14,22-23H2,1,3-4,8-10H3;2*1-2H3/b19-11-,27-20+,28-21+,29-24+,30-18+;;. The zero-order valence-corrected chi connectivity index (χ0v) is 25.7. The van der Waals surface area contributed by atoms with Gasteiger partial charge in [-0.05, 0) is 60.8 Å². The summed E-state index contributed by atoms with van der Waals surface area (Å²) in [4.78, 5) is 0. The summed E-state index contributed by atoms with van der Waals surface area (Å²) < 4.78 is 0. The topological polar surface area (TPSA) is 0 Å². The van der Waals surface area contributed by atoms with Crippen LogP contribution in [0, 0.1) is 23.7 Å². The molecule has 0 aromatic carbocycles. The monoisotopic (exact) mass is 492 g/mol. The number of rotatable bonds is 16. The van der Waals surface area contributed by atoms with E-state index < -0.39 is 0 Å². The van der Waals surface area contributed by atoms with Crippen LogP contribution in [-0.4, -0.2) is 0 Å². The molecule has 0 amide bonds. The third kappa shape index (κ3) is 14.9. The summed E-state index contributed by atoms with van der Waals surface area (Å²) in [5.41, 5.74) is 5.04. The van der Waals surface area contributed by atoms with Gasteiger partial charge in [-0.3, -0.25) is 0 Å². The van der Waals surface area contributed by atoms with Crippen molar-refractivity contribution < 1.29 is 0 Å². The Kier molecular flexibility index (Phi) is 27.3. The van der Waals surface area contributed by atoms with Crippen molar-refractivity contribution in [1.82, 2.24) is 0 Å². The van der Waals surface area contributed by atoms with Crippen molar-refractivity contribution in [3.63, 3.8) is 0 Å². The summed E-state index contributed by atoms with van der Waals surface area (Å²) in [5.74, 6) is 1.80. The largest absolute Gasteiger partial charge is 0.0991 e. The molecule has 0 aliphatic rings. The van der Waals surface area contributed by atoms with Crippen molar-refractivity contribution in [2.45, 2.75) is 94.9 Å². The summed E-state index contributed by atoms with van der Waals surface area (Å²) in [5, 5.41) is 0. The molecular formula is C36H60. The van der Waals surface area contributed by atoms with Gasteiger partial charge in [0.15, 0.2) is 0 Å². The average molecular weight is 493 g/mol. The highest BCUT2D eigenvalue weighted by Crippen LogP contribution is 2.35. The Morgan fingerprint density at radius 3 is 1.39 bits per heavy atom. The second kappa shape index (κ2) is 25.7. The van der Waals surface area contributed by atoms with Gasteiger partial charge in [0.05, 0.1) is 0 Å². The van der Waals surface area contributed by atoms with Gasteiger partial charge in [0.25, 0.3) is 0 Å². The molecule has 4 unspecified atom stereocenters. The summed E-state index contributed by atoms with van der Waals surface area (Å²) in [6.07, 6.45) is 25.4. The molecule has 0 fully saturated rings. The molecule has 0 aromatic rings. The third-order valence-electron chi connectivity index (χ3n) is 6.44. The first-order valence-corrected chi connectivity index (χ1v) is 14.3. The predicted octanol–water partition coefficient (Wildman–Crippen LogP) is 12.2. The smallest absolute Gasteiger partial charge is 0.00915 e. The fourth-order valence-corrected chi connectivity index (χ4v) is 3.94. The van der Waals surface area contributed by atoms with Gasteiger partial charge in [-0.1, -0.05) is 155 Å². The molecule has 0 nitrogen and oxygen atoms in total. The van der Waals surface area contributed by atoms with Gasteiger partial charge >= 0.3 is 0 Å². The highest BCUT2D eigenvalue weighted by molar-refractivity contribution is 5.43. The molecule has 0 aliphatic heterocycles. The highest BCUT2D eigenvalue weighted by atomic mass is 14.3. The quantitative estimate of drug-likeness (QED) is 0.188. The number of hydrogen-bond donors (Lipinski definition) is 0. The first-order valence-electron chi connectivity index (χ1n) is 14.3. The van der Waals surface area contributed by atoms with Gasteiger partial charge in [0.1, 0.15) is 0 Å². The van der Waals surface area contributed by atoms with Crippen molar-refractivity contribution in [3.05, 3.63) is 109 Å². The van der Waals surface area contributed by atoms with Crippen LogP contribution in [-0.2, 0) is 0 Å². The summed E-state index contributed by atoms with van der Waals surface area (Å²) in [6.45, 7) is 37.7. The van der Waals surface area contributed by atoms with Crippen LogP contribution >= 0.6 is 0 Å². The van der Waals surface area contributed by atoms with E-state index in [4.69, 9.17) is 0 Å². The zero-order chi connectivity index (χ0) is 28.5. The Balaban J connectivity index is -0.00000258. The number of allylic oxidation sites excluding steroid dienone is 14. The molecule has 0 aromatic heterocycles. The minimum atomic E-state index is 0.254. The van der Waals surface area contributed by atoms with Crippen molar-refractivity contribution in [3.8, 4) is 0 Å². The molecular weight excluding hydrogens is 432 g/mol. The first-order chi connectivity index (χ1) is 17.4. The van der Waals surface area contributed by atoms with E-state index in [1.165, 1.54) is 28.7 Å². The molecule has 0 rings (SSSR count).